The molecule has 0 aliphatic carbocycles. The zero-order valence-corrected chi connectivity index (χ0v) is 11.1. The van der Waals surface area contributed by atoms with E-state index in [4.69, 9.17) is 13.8 Å². The van der Waals surface area contributed by atoms with Gasteiger partial charge in [-0.15, -0.1) is 0 Å². The molecule has 0 aliphatic rings. The SMILES string of the molecule is CCOC(=O)/C(C)=C\P(=O)(OCC)OCC. The fraction of sp³-hybridized carbons (Fsp3) is 0.700. The summed E-state index contributed by atoms with van der Waals surface area (Å²) in [4.78, 5) is 11.3. The van der Waals surface area contributed by atoms with Crippen molar-refractivity contribution in [1.82, 2.24) is 0 Å². The molecular weight excluding hydrogens is 231 g/mol. The second-order valence-electron chi connectivity index (χ2n) is 2.91. The lowest BCUT2D eigenvalue weighted by Crippen LogP contribution is -2.06. The van der Waals surface area contributed by atoms with Crippen LogP contribution < -0.4 is 0 Å². The normalized spacial score (nSPS) is 12.6. The summed E-state index contributed by atoms with van der Waals surface area (Å²) < 4.78 is 26.8. The predicted molar refractivity (Wildman–Crippen MR) is 61.2 cm³/mol. The molecule has 0 aliphatic heterocycles. The van der Waals surface area contributed by atoms with Crippen LogP contribution in [0.25, 0.3) is 0 Å². The maximum absolute atomic E-state index is 12.0. The summed E-state index contributed by atoms with van der Waals surface area (Å²) in [7, 11) is -3.32. The Kier molecular flexibility index (Phi) is 7.30. The summed E-state index contributed by atoms with van der Waals surface area (Å²) in [5, 5.41) is 0. The van der Waals surface area contributed by atoms with Gasteiger partial charge in [-0.2, -0.15) is 0 Å². The third-order valence-corrected chi connectivity index (χ3v) is 3.51. The average Bonchev–Trinajstić information content (AvgIpc) is 2.18. The lowest BCUT2D eigenvalue weighted by molar-refractivity contribution is -0.138. The van der Waals surface area contributed by atoms with E-state index in [-0.39, 0.29) is 25.4 Å². The predicted octanol–water partition coefficient (Wildman–Crippen LogP) is 2.72. The van der Waals surface area contributed by atoms with E-state index in [1.165, 1.54) is 12.7 Å². The first kappa shape index (κ1) is 15.4. The molecule has 6 heteroatoms. The number of carbonyl (C=O) groups is 1. The van der Waals surface area contributed by atoms with Crippen LogP contribution in [0.5, 0.6) is 0 Å². The van der Waals surface area contributed by atoms with Gasteiger partial charge in [-0.1, -0.05) is 0 Å². The maximum atomic E-state index is 12.0. The second-order valence-corrected chi connectivity index (χ2v) is 4.76. The lowest BCUT2D eigenvalue weighted by Gasteiger charge is -2.13. The van der Waals surface area contributed by atoms with Crippen molar-refractivity contribution in [2.24, 2.45) is 0 Å². The van der Waals surface area contributed by atoms with Gasteiger partial charge in [-0.05, 0) is 27.7 Å². The summed E-state index contributed by atoms with van der Waals surface area (Å²) in [6, 6.07) is 0. The van der Waals surface area contributed by atoms with Crippen molar-refractivity contribution in [2.45, 2.75) is 27.7 Å². The van der Waals surface area contributed by atoms with Crippen LogP contribution in [0.15, 0.2) is 11.4 Å². The van der Waals surface area contributed by atoms with E-state index in [1.807, 2.05) is 0 Å². The molecule has 0 rings (SSSR count). The van der Waals surface area contributed by atoms with Gasteiger partial charge in [0.2, 0.25) is 0 Å². The van der Waals surface area contributed by atoms with E-state index in [0.29, 0.717) is 0 Å². The molecule has 94 valence electrons. The van der Waals surface area contributed by atoms with Crippen molar-refractivity contribution >= 4 is 13.6 Å². The van der Waals surface area contributed by atoms with Crippen LogP contribution in [0.1, 0.15) is 27.7 Å². The minimum Gasteiger partial charge on any atom is -0.463 e. The molecule has 0 fully saturated rings. The van der Waals surface area contributed by atoms with Crippen LogP contribution in [0.3, 0.4) is 0 Å². The van der Waals surface area contributed by atoms with Gasteiger partial charge in [-0.25, -0.2) is 4.79 Å². The van der Waals surface area contributed by atoms with E-state index < -0.39 is 13.6 Å². The van der Waals surface area contributed by atoms with Gasteiger partial charge in [0.15, 0.2) is 0 Å². The monoisotopic (exact) mass is 250 g/mol. The summed E-state index contributed by atoms with van der Waals surface area (Å²) in [6.07, 6.45) is 0. The molecule has 0 bridgehead atoms. The Hall–Kier alpha value is -0.640. The maximum Gasteiger partial charge on any atom is 0.354 e. The third kappa shape index (κ3) is 5.45. The summed E-state index contributed by atoms with van der Waals surface area (Å²) in [5.74, 6) is 0.694. The van der Waals surface area contributed by atoms with E-state index >= 15 is 0 Å². The van der Waals surface area contributed by atoms with Gasteiger partial charge in [0.25, 0.3) is 0 Å². The van der Waals surface area contributed by atoms with Crippen molar-refractivity contribution < 1.29 is 23.1 Å². The van der Waals surface area contributed by atoms with E-state index in [2.05, 4.69) is 0 Å². The van der Waals surface area contributed by atoms with Crippen molar-refractivity contribution in [3.63, 3.8) is 0 Å². The molecule has 0 spiro atoms. The first-order chi connectivity index (χ1) is 7.49. The fourth-order valence-electron chi connectivity index (χ4n) is 1.01. The molecule has 0 atom stereocenters. The summed E-state index contributed by atoms with van der Waals surface area (Å²) >= 11 is 0. The number of rotatable bonds is 7. The standard InChI is InChI=1S/C10H19O5P/c1-5-13-10(11)9(4)8-16(12,14-6-2)15-7-3/h8H,5-7H2,1-4H3/b9-8-. The molecule has 0 N–H and O–H groups in total. The smallest absolute Gasteiger partial charge is 0.354 e. The Bertz CT molecular complexity index is 288. The highest BCUT2D eigenvalue weighted by atomic mass is 31.2. The number of hydrogen-bond donors (Lipinski definition) is 0. The highest BCUT2D eigenvalue weighted by Crippen LogP contribution is 2.50. The fourth-order valence-corrected chi connectivity index (χ4v) is 2.53. The van der Waals surface area contributed by atoms with Crippen LogP contribution in [0.2, 0.25) is 0 Å². The van der Waals surface area contributed by atoms with Crippen molar-refractivity contribution in [3.05, 3.63) is 11.4 Å². The number of ether oxygens (including phenoxy) is 1. The van der Waals surface area contributed by atoms with E-state index in [9.17, 15) is 9.36 Å². The zero-order valence-electron chi connectivity index (χ0n) is 10.2. The average molecular weight is 250 g/mol. The Labute approximate surface area is 96.3 Å². The molecule has 0 unspecified atom stereocenters. The Balaban J connectivity index is 4.76. The molecule has 0 amide bonds. The Morgan fingerprint density at radius 1 is 1.12 bits per heavy atom. The molecule has 0 aromatic heterocycles. The molecule has 0 saturated carbocycles. The van der Waals surface area contributed by atoms with E-state index in [1.54, 1.807) is 20.8 Å². The van der Waals surface area contributed by atoms with Crippen LogP contribution in [0, 0.1) is 0 Å². The van der Waals surface area contributed by atoms with Gasteiger partial charge in [0.05, 0.1) is 19.8 Å². The first-order valence-corrected chi connectivity index (χ1v) is 6.85. The minimum absolute atomic E-state index is 0.229. The quantitative estimate of drug-likeness (QED) is 0.395. The number of esters is 1. The number of carbonyl (C=O) groups excluding carboxylic acids is 1. The minimum atomic E-state index is -3.32. The van der Waals surface area contributed by atoms with Crippen LogP contribution in [-0.4, -0.2) is 25.8 Å². The van der Waals surface area contributed by atoms with Crippen LogP contribution >= 0.6 is 7.60 Å². The van der Waals surface area contributed by atoms with Gasteiger partial charge in [-0.3, -0.25) is 4.57 Å². The van der Waals surface area contributed by atoms with Gasteiger partial charge >= 0.3 is 13.6 Å². The molecule has 0 saturated heterocycles. The van der Waals surface area contributed by atoms with Crippen LogP contribution in [0.4, 0.5) is 0 Å². The van der Waals surface area contributed by atoms with Crippen molar-refractivity contribution in [2.75, 3.05) is 19.8 Å². The highest BCUT2D eigenvalue weighted by molar-refractivity contribution is 7.57. The molecular formula is C10H19O5P. The molecule has 5 nitrogen and oxygen atoms in total. The topological polar surface area (TPSA) is 61.8 Å². The molecule has 0 aromatic rings. The zero-order chi connectivity index (χ0) is 12.6. The van der Waals surface area contributed by atoms with Gasteiger partial charge < -0.3 is 13.8 Å². The highest BCUT2D eigenvalue weighted by Gasteiger charge is 2.22. The van der Waals surface area contributed by atoms with Crippen molar-refractivity contribution in [3.8, 4) is 0 Å². The second kappa shape index (κ2) is 7.60. The third-order valence-electron chi connectivity index (χ3n) is 1.57. The molecule has 16 heavy (non-hydrogen) atoms. The summed E-state index contributed by atoms with van der Waals surface area (Å²) in [5.41, 5.74) is 0.229. The molecule has 0 aromatic carbocycles. The largest absolute Gasteiger partial charge is 0.463 e. The Morgan fingerprint density at radius 3 is 2.00 bits per heavy atom. The first-order valence-electron chi connectivity index (χ1n) is 5.24. The molecule has 0 radical (unpaired) electrons. The van der Waals surface area contributed by atoms with Gasteiger partial charge in [0, 0.05) is 11.4 Å². The van der Waals surface area contributed by atoms with Crippen LogP contribution in [-0.2, 0) is 23.1 Å². The summed E-state index contributed by atoms with van der Waals surface area (Å²) in [6.45, 7) is 7.42. The van der Waals surface area contributed by atoms with Crippen molar-refractivity contribution in [1.29, 1.82) is 0 Å². The van der Waals surface area contributed by atoms with E-state index in [0.717, 1.165) is 0 Å². The molecule has 0 heterocycles. The number of hydrogen-bond acceptors (Lipinski definition) is 5. The van der Waals surface area contributed by atoms with Gasteiger partial charge in [0.1, 0.15) is 0 Å². The Morgan fingerprint density at radius 2 is 1.62 bits per heavy atom. The lowest BCUT2D eigenvalue weighted by atomic mass is 10.4.